The summed E-state index contributed by atoms with van der Waals surface area (Å²) in [6.07, 6.45) is 2.41. The van der Waals surface area contributed by atoms with Gasteiger partial charge in [-0.1, -0.05) is 18.2 Å². The Morgan fingerprint density at radius 3 is 2.41 bits per heavy atom. The first-order valence-corrected chi connectivity index (χ1v) is 14.4. The molecule has 2 aromatic carbocycles. The van der Waals surface area contributed by atoms with Crippen molar-refractivity contribution in [3.63, 3.8) is 0 Å². The molecule has 0 aliphatic rings. The predicted molar refractivity (Wildman–Crippen MR) is 159 cm³/mol. The zero-order chi connectivity index (χ0) is 30.2. The fourth-order valence-electron chi connectivity index (χ4n) is 4.02. The van der Waals surface area contributed by atoms with Crippen LogP contribution < -0.4 is 21.5 Å². The highest BCUT2D eigenvalue weighted by Crippen LogP contribution is 2.29. The van der Waals surface area contributed by atoms with E-state index in [9.17, 15) is 22.4 Å². The number of nitrogens with zero attached hydrogens (tertiary/aromatic N) is 2. The molecule has 2 heterocycles. The second-order valence-electron chi connectivity index (χ2n) is 8.98. The summed E-state index contributed by atoms with van der Waals surface area (Å²) in [5.74, 6) is 0.0484. The summed E-state index contributed by atoms with van der Waals surface area (Å²) in [6, 6.07) is 14.7. The number of amides is 2. The number of carbonyl (C=O) groups excluding carboxylic acids is 1. The average Bonchev–Trinajstić information content (AvgIpc) is 2.90. The SMILES string of the molecule is CCn1c(=O)c(-c2cc(NC(=O)Nc3ccccc3)c(F)cc2C)cc2cnc(NCCOC)cc21.CS(=O)(=O)O. The van der Waals surface area contributed by atoms with Crippen LogP contribution >= 0.6 is 0 Å². The Kier molecular flexibility index (Phi) is 10.5. The third-order valence-corrected chi connectivity index (χ3v) is 5.79. The molecule has 4 rings (SSSR count). The first-order valence-electron chi connectivity index (χ1n) is 12.5. The second-order valence-corrected chi connectivity index (χ2v) is 10.4. The van der Waals surface area contributed by atoms with Gasteiger partial charge < -0.3 is 25.3 Å². The van der Waals surface area contributed by atoms with E-state index in [2.05, 4.69) is 20.9 Å². The number of hydrogen-bond acceptors (Lipinski definition) is 7. The topological polar surface area (TPSA) is 152 Å². The third kappa shape index (κ3) is 8.83. The van der Waals surface area contributed by atoms with Gasteiger partial charge in [-0.2, -0.15) is 8.42 Å². The molecule has 4 aromatic rings. The highest BCUT2D eigenvalue weighted by Gasteiger charge is 2.17. The molecule has 0 atom stereocenters. The van der Waals surface area contributed by atoms with Crippen LogP contribution in [0.5, 0.6) is 0 Å². The van der Waals surface area contributed by atoms with Crippen LogP contribution in [0.2, 0.25) is 0 Å². The van der Waals surface area contributed by atoms with Gasteiger partial charge >= 0.3 is 6.03 Å². The molecule has 0 aliphatic heterocycles. The van der Waals surface area contributed by atoms with E-state index in [1.54, 1.807) is 55.1 Å². The summed E-state index contributed by atoms with van der Waals surface area (Å²) in [5, 5.41) is 9.15. The van der Waals surface area contributed by atoms with Gasteiger partial charge in [-0.15, -0.1) is 0 Å². The molecule has 0 saturated carbocycles. The number of benzene rings is 2. The maximum Gasteiger partial charge on any atom is 0.323 e. The van der Waals surface area contributed by atoms with Crippen molar-refractivity contribution in [2.75, 3.05) is 42.5 Å². The molecular weight excluding hydrogens is 553 g/mol. The number of para-hydroxylation sites is 1. The molecule has 0 fully saturated rings. The number of nitrogens with one attached hydrogen (secondary N) is 3. The second kappa shape index (κ2) is 13.8. The number of urea groups is 1. The van der Waals surface area contributed by atoms with Crippen LogP contribution in [0.25, 0.3) is 22.0 Å². The van der Waals surface area contributed by atoms with Crippen LogP contribution in [0.1, 0.15) is 12.5 Å². The van der Waals surface area contributed by atoms with Crippen molar-refractivity contribution in [1.82, 2.24) is 9.55 Å². The number of aryl methyl sites for hydroxylation is 2. The van der Waals surface area contributed by atoms with Gasteiger partial charge in [0, 0.05) is 49.1 Å². The van der Waals surface area contributed by atoms with Crippen LogP contribution in [0.4, 0.5) is 26.4 Å². The Labute approximate surface area is 237 Å². The van der Waals surface area contributed by atoms with Crippen LogP contribution in [0.15, 0.2) is 65.6 Å². The first kappa shape index (κ1) is 31.2. The molecule has 2 amide bonds. The summed E-state index contributed by atoms with van der Waals surface area (Å²) < 4.78 is 47.4. The zero-order valence-electron chi connectivity index (χ0n) is 23.1. The van der Waals surface area contributed by atoms with Crippen molar-refractivity contribution >= 4 is 44.2 Å². The molecular formula is C28H32FN5O6S. The van der Waals surface area contributed by atoms with Gasteiger partial charge in [0.15, 0.2) is 0 Å². The number of hydrogen-bond donors (Lipinski definition) is 4. The lowest BCUT2D eigenvalue weighted by molar-refractivity contribution is 0.210. The largest absolute Gasteiger partial charge is 0.383 e. The van der Waals surface area contributed by atoms with Crippen LogP contribution in [-0.2, 0) is 21.4 Å². The standard InChI is InChI=1S/C27H28FN5O3.CH4O3S/c1-4-33-24-15-25(29-10-11-36-3)30-16-18(24)13-21(26(33)34)20-14-23(22(28)12-17(20)2)32-27(35)31-19-8-6-5-7-9-19;1-5(2,3)4/h5-9,12-16H,4,10-11H2,1-3H3,(H,29,30)(H2,31,32,35);1H3,(H,2,3,4). The van der Waals surface area contributed by atoms with Crippen LogP contribution in [0, 0.1) is 12.7 Å². The summed E-state index contributed by atoms with van der Waals surface area (Å²) in [7, 11) is -2.04. The van der Waals surface area contributed by atoms with Crippen molar-refractivity contribution < 1.29 is 26.9 Å². The predicted octanol–water partition coefficient (Wildman–Crippen LogP) is 4.74. The minimum atomic E-state index is -3.67. The Morgan fingerprint density at radius 2 is 1.78 bits per heavy atom. The average molecular weight is 586 g/mol. The molecule has 13 heteroatoms. The van der Waals surface area contributed by atoms with Crippen molar-refractivity contribution in [2.24, 2.45) is 0 Å². The summed E-state index contributed by atoms with van der Waals surface area (Å²) in [4.78, 5) is 30.4. The number of pyridine rings is 2. The molecule has 11 nitrogen and oxygen atoms in total. The zero-order valence-corrected chi connectivity index (χ0v) is 23.9. The van der Waals surface area contributed by atoms with E-state index in [-0.39, 0.29) is 11.2 Å². The van der Waals surface area contributed by atoms with E-state index in [4.69, 9.17) is 9.29 Å². The highest BCUT2D eigenvalue weighted by molar-refractivity contribution is 7.85. The number of rotatable bonds is 8. The smallest absolute Gasteiger partial charge is 0.323 e. The summed E-state index contributed by atoms with van der Waals surface area (Å²) in [5.41, 5.74) is 2.58. The maximum absolute atomic E-state index is 14.8. The van der Waals surface area contributed by atoms with Gasteiger partial charge in [0.1, 0.15) is 11.6 Å². The number of methoxy groups -OCH3 is 1. The molecule has 41 heavy (non-hydrogen) atoms. The van der Waals surface area contributed by atoms with Crippen LogP contribution in [-0.4, -0.2) is 55.1 Å². The van der Waals surface area contributed by atoms with E-state index in [1.165, 1.54) is 12.1 Å². The minimum Gasteiger partial charge on any atom is -0.383 e. The van der Waals surface area contributed by atoms with Gasteiger partial charge in [0.2, 0.25) is 0 Å². The fraction of sp³-hybridized carbons (Fsp3) is 0.250. The quantitative estimate of drug-likeness (QED) is 0.171. The number of anilines is 3. The van der Waals surface area contributed by atoms with Crippen molar-refractivity contribution in [2.45, 2.75) is 20.4 Å². The Bertz CT molecular complexity index is 1690. The van der Waals surface area contributed by atoms with Crippen molar-refractivity contribution in [3.05, 3.63) is 82.5 Å². The molecule has 0 aliphatic carbocycles. The number of ether oxygens (including phenoxy) is 1. The lowest BCUT2D eigenvalue weighted by Crippen LogP contribution is -2.22. The Morgan fingerprint density at radius 1 is 1.10 bits per heavy atom. The van der Waals surface area contributed by atoms with E-state index in [0.29, 0.717) is 54.1 Å². The number of carbonyl (C=O) groups is 1. The van der Waals surface area contributed by atoms with Gasteiger partial charge in [0.05, 0.1) is 24.1 Å². The van der Waals surface area contributed by atoms with E-state index < -0.39 is 22.0 Å². The highest BCUT2D eigenvalue weighted by atomic mass is 32.2. The third-order valence-electron chi connectivity index (χ3n) is 5.79. The molecule has 4 N–H and O–H groups in total. The lowest BCUT2D eigenvalue weighted by Gasteiger charge is -2.16. The maximum atomic E-state index is 14.8. The lowest BCUT2D eigenvalue weighted by atomic mass is 9.99. The molecule has 0 bridgehead atoms. The summed E-state index contributed by atoms with van der Waals surface area (Å²) >= 11 is 0. The summed E-state index contributed by atoms with van der Waals surface area (Å²) in [6.45, 7) is 5.18. The van der Waals surface area contributed by atoms with Crippen molar-refractivity contribution in [3.8, 4) is 11.1 Å². The normalized spacial score (nSPS) is 11.0. The van der Waals surface area contributed by atoms with Gasteiger partial charge in [-0.25, -0.2) is 14.2 Å². The molecule has 2 aromatic heterocycles. The Balaban J connectivity index is 0.000000850. The van der Waals surface area contributed by atoms with Crippen molar-refractivity contribution in [1.29, 1.82) is 0 Å². The molecule has 0 unspecified atom stereocenters. The number of halogens is 1. The van der Waals surface area contributed by atoms with Gasteiger partial charge in [0.25, 0.3) is 15.7 Å². The molecule has 218 valence electrons. The first-order chi connectivity index (χ1) is 19.4. The monoisotopic (exact) mass is 585 g/mol. The Hall–Kier alpha value is -4.33. The van der Waals surface area contributed by atoms with Crippen LogP contribution in [0.3, 0.4) is 0 Å². The number of fused-ring (bicyclic) bond motifs is 1. The molecule has 0 spiro atoms. The molecule has 0 radical (unpaired) electrons. The molecule has 0 saturated heterocycles. The van der Waals surface area contributed by atoms with E-state index in [0.717, 1.165) is 10.9 Å². The van der Waals surface area contributed by atoms with E-state index in [1.807, 2.05) is 19.1 Å². The fourth-order valence-corrected chi connectivity index (χ4v) is 4.02. The van der Waals surface area contributed by atoms with Gasteiger partial charge in [-0.3, -0.25) is 9.35 Å². The minimum absolute atomic E-state index is 0.0256. The number of aromatic nitrogens is 2. The van der Waals surface area contributed by atoms with E-state index >= 15 is 0 Å². The van der Waals surface area contributed by atoms with Gasteiger partial charge in [-0.05, 0) is 55.3 Å².